The van der Waals surface area contributed by atoms with E-state index in [1.165, 1.54) is 25.0 Å². The van der Waals surface area contributed by atoms with Gasteiger partial charge in [0.05, 0.1) is 5.41 Å². The summed E-state index contributed by atoms with van der Waals surface area (Å²) in [5.74, 6) is 1.62. The quantitative estimate of drug-likeness (QED) is 0.425. The van der Waals surface area contributed by atoms with Gasteiger partial charge in [-0.05, 0) is 97.1 Å². The van der Waals surface area contributed by atoms with Crippen molar-refractivity contribution in [2.75, 3.05) is 0 Å². The van der Waals surface area contributed by atoms with Crippen LogP contribution in [0.4, 0.5) is 4.39 Å². The maximum Gasteiger partial charge on any atom is 0.228 e. The SMILES string of the molecule is Cc1c(Br)nc(C2(Oc3ccccc3)CCC(C(N)=O)(c3ccc(F)cc3)CC2)n1CC1CC1. The summed E-state index contributed by atoms with van der Waals surface area (Å²) in [6.07, 6.45) is 4.58. The van der Waals surface area contributed by atoms with E-state index in [4.69, 9.17) is 15.5 Å². The topological polar surface area (TPSA) is 70.1 Å². The number of hydrogen-bond acceptors (Lipinski definition) is 3. The lowest BCUT2D eigenvalue weighted by atomic mass is 9.64. The van der Waals surface area contributed by atoms with Crippen molar-refractivity contribution in [3.63, 3.8) is 0 Å². The molecule has 2 fully saturated rings. The van der Waals surface area contributed by atoms with Crippen molar-refractivity contribution < 1.29 is 13.9 Å². The molecule has 3 aromatic rings. The Balaban J connectivity index is 1.56. The molecule has 34 heavy (non-hydrogen) atoms. The fraction of sp³-hybridized carbons (Fsp3) is 0.407. The Kier molecular flexibility index (Phi) is 6.00. The van der Waals surface area contributed by atoms with E-state index in [0.717, 1.165) is 34.0 Å². The van der Waals surface area contributed by atoms with Crippen LogP contribution < -0.4 is 10.5 Å². The lowest BCUT2D eigenvalue weighted by Gasteiger charge is -2.45. The zero-order valence-electron chi connectivity index (χ0n) is 19.3. The van der Waals surface area contributed by atoms with Gasteiger partial charge in [-0.25, -0.2) is 9.37 Å². The number of imidazole rings is 1. The van der Waals surface area contributed by atoms with Crippen LogP contribution in [0.3, 0.4) is 0 Å². The molecule has 2 N–H and O–H groups in total. The molecule has 0 atom stereocenters. The van der Waals surface area contributed by atoms with E-state index in [-0.39, 0.29) is 11.7 Å². The molecule has 1 amide bonds. The lowest BCUT2D eigenvalue weighted by molar-refractivity contribution is -0.127. The van der Waals surface area contributed by atoms with Crippen molar-refractivity contribution in [2.24, 2.45) is 11.7 Å². The zero-order chi connectivity index (χ0) is 23.9. The molecule has 0 spiro atoms. The molecular formula is C27H29BrFN3O2. The van der Waals surface area contributed by atoms with Gasteiger partial charge in [0.1, 0.15) is 16.2 Å². The first-order valence-electron chi connectivity index (χ1n) is 11.9. The third-order valence-corrected chi connectivity index (χ3v) is 8.30. The van der Waals surface area contributed by atoms with E-state index in [2.05, 4.69) is 27.4 Å². The Labute approximate surface area is 207 Å². The summed E-state index contributed by atoms with van der Waals surface area (Å²) in [7, 11) is 0. The van der Waals surface area contributed by atoms with Crippen molar-refractivity contribution in [2.45, 2.75) is 63.0 Å². The molecule has 1 heterocycles. The molecule has 2 aromatic carbocycles. The minimum Gasteiger partial charge on any atom is -0.479 e. The number of rotatable bonds is 7. The van der Waals surface area contributed by atoms with Crippen LogP contribution in [0, 0.1) is 18.7 Å². The Morgan fingerprint density at radius 1 is 1.12 bits per heavy atom. The number of halogens is 2. The Hall–Kier alpha value is -2.67. The van der Waals surface area contributed by atoms with E-state index in [1.54, 1.807) is 12.1 Å². The van der Waals surface area contributed by atoms with Gasteiger partial charge in [-0.15, -0.1) is 0 Å². The number of para-hydroxylation sites is 1. The van der Waals surface area contributed by atoms with Gasteiger partial charge in [0, 0.05) is 12.2 Å². The molecule has 2 aliphatic rings. The highest BCUT2D eigenvalue weighted by Crippen LogP contribution is 2.50. The highest BCUT2D eigenvalue weighted by Gasteiger charge is 2.51. The minimum absolute atomic E-state index is 0.330. The zero-order valence-corrected chi connectivity index (χ0v) is 20.9. The van der Waals surface area contributed by atoms with Crippen molar-refractivity contribution >= 4 is 21.8 Å². The number of benzene rings is 2. The minimum atomic E-state index is -0.864. The van der Waals surface area contributed by atoms with Crippen LogP contribution in [0.15, 0.2) is 59.2 Å². The smallest absolute Gasteiger partial charge is 0.228 e. The molecule has 2 aliphatic carbocycles. The average molecular weight is 526 g/mol. The summed E-state index contributed by atoms with van der Waals surface area (Å²) in [4.78, 5) is 17.8. The van der Waals surface area contributed by atoms with E-state index in [9.17, 15) is 9.18 Å². The maximum absolute atomic E-state index is 13.6. The molecule has 7 heteroatoms. The highest BCUT2D eigenvalue weighted by molar-refractivity contribution is 9.10. The van der Waals surface area contributed by atoms with Crippen LogP contribution >= 0.6 is 15.9 Å². The molecular weight excluding hydrogens is 497 g/mol. The van der Waals surface area contributed by atoms with Crippen molar-refractivity contribution in [3.8, 4) is 5.75 Å². The normalized spacial score (nSPS) is 24.7. The van der Waals surface area contributed by atoms with Crippen molar-refractivity contribution in [1.82, 2.24) is 9.55 Å². The number of nitrogens with two attached hydrogens (primary N) is 1. The third-order valence-electron chi connectivity index (χ3n) is 7.54. The highest BCUT2D eigenvalue weighted by atomic mass is 79.9. The number of primary amides is 1. The van der Waals surface area contributed by atoms with Crippen LogP contribution in [0.1, 0.15) is 55.6 Å². The van der Waals surface area contributed by atoms with Crippen molar-refractivity contribution in [3.05, 3.63) is 82.1 Å². The van der Waals surface area contributed by atoms with Gasteiger partial charge in [0.25, 0.3) is 0 Å². The first-order chi connectivity index (χ1) is 16.3. The molecule has 178 valence electrons. The lowest BCUT2D eigenvalue weighted by Crippen LogP contribution is -2.50. The van der Waals surface area contributed by atoms with E-state index in [0.29, 0.717) is 31.6 Å². The predicted molar refractivity (Wildman–Crippen MR) is 132 cm³/mol. The van der Waals surface area contributed by atoms with Gasteiger partial charge in [0.2, 0.25) is 5.91 Å². The van der Waals surface area contributed by atoms with Crippen LogP contribution in [0.5, 0.6) is 5.75 Å². The number of aromatic nitrogens is 2. The largest absolute Gasteiger partial charge is 0.479 e. The third kappa shape index (κ3) is 4.15. The summed E-state index contributed by atoms with van der Waals surface area (Å²) in [6, 6.07) is 15.9. The molecule has 2 saturated carbocycles. The van der Waals surface area contributed by atoms with Crippen LogP contribution in [-0.2, 0) is 22.4 Å². The monoisotopic (exact) mass is 525 g/mol. The summed E-state index contributed by atoms with van der Waals surface area (Å²) >= 11 is 3.65. The molecule has 0 radical (unpaired) electrons. The fourth-order valence-electron chi connectivity index (χ4n) is 5.25. The standard InChI is InChI=1S/C27H29BrFN3O2/c1-18-23(28)31-25(32(18)17-19-7-8-19)27(34-22-5-3-2-4-6-22)15-13-26(14-16-27,24(30)33)20-9-11-21(29)12-10-20/h2-6,9-12,19H,7-8,13-17H2,1H3,(H2,30,33). The van der Waals surface area contributed by atoms with E-state index >= 15 is 0 Å². The van der Waals surface area contributed by atoms with Gasteiger partial charge >= 0.3 is 0 Å². The summed E-state index contributed by atoms with van der Waals surface area (Å²) < 4.78 is 23.5. The number of hydrogen-bond donors (Lipinski definition) is 1. The number of ether oxygens (including phenoxy) is 1. The number of nitrogens with zero attached hydrogens (tertiary/aromatic N) is 2. The average Bonchev–Trinajstić information content (AvgIpc) is 3.61. The Morgan fingerprint density at radius 3 is 2.35 bits per heavy atom. The van der Waals surface area contributed by atoms with Gasteiger partial charge in [-0.2, -0.15) is 0 Å². The molecule has 0 saturated heterocycles. The predicted octanol–water partition coefficient (Wildman–Crippen LogP) is 5.77. The Bertz CT molecular complexity index is 1180. The fourth-order valence-corrected chi connectivity index (χ4v) is 5.63. The number of amides is 1. The molecule has 0 bridgehead atoms. The van der Waals surface area contributed by atoms with E-state index < -0.39 is 11.0 Å². The summed E-state index contributed by atoms with van der Waals surface area (Å²) in [5.41, 5.74) is 6.26. The van der Waals surface area contributed by atoms with Crippen LogP contribution in [0.25, 0.3) is 0 Å². The number of carbonyl (C=O) groups excluding carboxylic acids is 1. The molecule has 1 aromatic heterocycles. The van der Waals surface area contributed by atoms with Gasteiger partial charge < -0.3 is 15.0 Å². The Morgan fingerprint density at radius 2 is 1.76 bits per heavy atom. The van der Waals surface area contributed by atoms with Gasteiger partial charge in [0.15, 0.2) is 11.4 Å². The first kappa shape index (κ1) is 23.1. The number of carbonyl (C=O) groups is 1. The van der Waals surface area contributed by atoms with Crippen molar-refractivity contribution in [1.29, 1.82) is 0 Å². The second kappa shape index (κ2) is 8.84. The second-order valence-corrected chi connectivity index (χ2v) is 10.5. The van der Waals surface area contributed by atoms with E-state index in [1.807, 2.05) is 30.3 Å². The van der Waals surface area contributed by atoms with Gasteiger partial charge in [-0.1, -0.05) is 30.3 Å². The van der Waals surface area contributed by atoms with Crippen LogP contribution in [0.2, 0.25) is 0 Å². The molecule has 5 nitrogen and oxygen atoms in total. The molecule has 0 unspecified atom stereocenters. The first-order valence-corrected chi connectivity index (χ1v) is 12.7. The molecule has 5 rings (SSSR count). The second-order valence-electron chi connectivity index (χ2n) is 9.73. The summed E-state index contributed by atoms with van der Waals surface area (Å²) in [6.45, 7) is 2.99. The van der Waals surface area contributed by atoms with Crippen LogP contribution in [-0.4, -0.2) is 15.5 Å². The maximum atomic E-state index is 13.6. The summed E-state index contributed by atoms with van der Waals surface area (Å²) in [5, 5.41) is 0. The van der Waals surface area contributed by atoms with Gasteiger partial charge in [-0.3, -0.25) is 4.79 Å². The molecule has 0 aliphatic heterocycles.